The third-order valence-corrected chi connectivity index (χ3v) is 8.71. The van der Waals surface area contributed by atoms with Crippen LogP contribution in [-0.4, -0.2) is 88.9 Å². The van der Waals surface area contributed by atoms with Gasteiger partial charge in [-0.25, -0.2) is 4.79 Å². The predicted octanol–water partition coefficient (Wildman–Crippen LogP) is 4.11. The van der Waals surface area contributed by atoms with Gasteiger partial charge < -0.3 is 15.1 Å². The number of carbonyl (C=O) groups excluding carboxylic acids is 3. The molecule has 7 nitrogen and oxygen atoms in total. The summed E-state index contributed by atoms with van der Waals surface area (Å²) in [6.45, 7) is 7.95. The average Bonchev–Trinajstić information content (AvgIpc) is 2.86. The van der Waals surface area contributed by atoms with E-state index in [0.717, 1.165) is 32.6 Å². The summed E-state index contributed by atoms with van der Waals surface area (Å²) in [6, 6.07) is -0.0262. The lowest BCUT2D eigenvalue weighted by Crippen LogP contribution is -2.57. The lowest BCUT2D eigenvalue weighted by Gasteiger charge is -2.41. The SMILES string of the molecule is CC(=O)SCCN(CCC1CCCCC1)C(=O)N[C@@H](C)C(=O)N1CCN(C2CCCCC2)CC1. The molecule has 3 amide bonds. The quantitative estimate of drug-likeness (QED) is 0.522. The summed E-state index contributed by atoms with van der Waals surface area (Å²) in [6.07, 6.45) is 14.0. The van der Waals surface area contributed by atoms with Crippen molar-refractivity contribution in [2.75, 3.05) is 45.0 Å². The first kappa shape index (κ1) is 27.3. The van der Waals surface area contributed by atoms with E-state index in [9.17, 15) is 14.4 Å². The van der Waals surface area contributed by atoms with Gasteiger partial charge in [0.2, 0.25) is 5.91 Å². The Kier molecular flexibility index (Phi) is 11.5. The van der Waals surface area contributed by atoms with Gasteiger partial charge in [-0.1, -0.05) is 63.1 Å². The maximum atomic E-state index is 13.1. The fraction of sp³-hybridized carbons (Fsp3) is 0.885. The molecular formula is C26H46N4O3S. The smallest absolute Gasteiger partial charge is 0.318 e. The van der Waals surface area contributed by atoms with Crippen LogP contribution in [0.4, 0.5) is 4.79 Å². The zero-order chi connectivity index (χ0) is 24.3. The van der Waals surface area contributed by atoms with Gasteiger partial charge in [-0.3, -0.25) is 14.5 Å². The van der Waals surface area contributed by atoms with Crippen molar-refractivity contribution in [2.45, 2.75) is 96.6 Å². The van der Waals surface area contributed by atoms with Crippen molar-refractivity contribution in [1.29, 1.82) is 0 Å². The molecule has 0 radical (unpaired) electrons. The third-order valence-electron chi connectivity index (χ3n) is 7.91. The van der Waals surface area contributed by atoms with E-state index in [0.29, 0.717) is 30.8 Å². The molecule has 8 heteroatoms. The molecule has 0 bridgehead atoms. The van der Waals surface area contributed by atoms with E-state index in [4.69, 9.17) is 0 Å². The van der Waals surface area contributed by atoms with E-state index < -0.39 is 6.04 Å². The maximum Gasteiger partial charge on any atom is 0.318 e. The number of amides is 3. The Balaban J connectivity index is 1.46. The topological polar surface area (TPSA) is 73.0 Å². The molecular weight excluding hydrogens is 448 g/mol. The average molecular weight is 495 g/mol. The maximum absolute atomic E-state index is 13.1. The van der Waals surface area contributed by atoms with Crippen molar-refractivity contribution in [3.05, 3.63) is 0 Å². The standard InChI is InChI=1S/C26H46N4O3S/c1-21(25(32)29-17-15-28(16-18-29)24-11-7-4-8-12-24)27-26(33)30(19-20-34-22(2)31)14-13-23-9-5-3-6-10-23/h21,23-24H,3-20H2,1-2H3,(H,27,33)/t21-/m0/s1. The molecule has 2 saturated carbocycles. The fourth-order valence-corrected chi connectivity index (χ4v) is 6.39. The first-order valence-corrected chi connectivity index (χ1v) is 14.6. The van der Waals surface area contributed by atoms with Crippen LogP contribution >= 0.6 is 11.8 Å². The van der Waals surface area contributed by atoms with Gasteiger partial charge in [0.1, 0.15) is 6.04 Å². The van der Waals surface area contributed by atoms with Crippen molar-refractivity contribution in [3.8, 4) is 0 Å². The van der Waals surface area contributed by atoms with E-state index in [1.54, 1.807) is 13.8 Å². The Labute approximate surface area is 210 Å². The molecule has 1 N–H and O–H groups in total. The highest BCUT2D eigenvalue weighted by molar-refractivity contribution is 8.13. The van der Waals surface area contributed by atoms with Crippen LogP contribution < -0.4 is 5.32 Å². The van der Waals surface area contributed by atoms with Crippen LogP contribution in [0.3, 0.4) is 0 Å². The van der Waals surface area contributed by atoms with Gasteiger partial charge in [-0.05, 0) is 32.1 Å². The summed E-state index contributed by atoms with van der Waals surface area (Å²) >= 11 is 1.26. The molecule has 3 fully saturated rings. The Hall–Kier alpha value is -1.28. The summed E-state index contributed by atoms with van der Waals surface area (Å²) in [4.78, 5) is 43.8. The zero-order valence-corrected chi connectivity index (χ0v) is 22.3. The minimum Gasteiger partial charge on any atom is -0.338 e. The number of urea groups is 1. The molecule has 194 valence electrons. The fourth-order valence-electron chi connectivity index (χ4n) is 5.79. The zero-order valence-electron chi connectivity index (χ0n) is 21.4. The first-order chi connectivity index (χ1) is 16.4. The van der Waals surface area contributed by atoms with Crippen molar-refractivity contribution in [1.82, 2.24) is 20.0 Å². The number of nitrogens with one attached hydrogen (secondary N) is 1. The van der Waals surface area contributed by atoms with Crippen LogP contribution in [0.1, 0.15) is 84.5 Å². The molecule has 1 heterocycles. The van der Waals surface area contributed by atoms with Crippen molar-refractivity contribution >= 4 is 28.8 Å². The largest absolute Gasteiger partial charge is 0.338 e. The number of nitrogens with zero attached hydrogens (tertiary/aromatic N) is 3. The highest BCUT2D eigenvalue weighted by Gasteiger charge is 2.30. The summed E-state index contributed by atoms with van der Waals surface area (Å²) in [5.74, 6) is 1.30. The highest BCUT2D eigenvalue weighted by Crippen LogP contribution is 2.26. The Bertz CT molecular complexity index is 656. The molecule has 0 aromatic rings. The number of hydrogen-bond acceptors (Lipinski definition) is 5. The lowest BCUT2D eigenvalue weighted by atomic mass is 9.87. The molecule has 3 aliphatic rings. The second kappa shape index (κ2) is 14.3. The van der Waals surface area contributed by atoms with Crippen LogP contribution in [0.5, 0.6) is 0 Å². The van der Waals surface area contributed by atoms with Gasteiger partial charge in [0.05, 0.1) is 0 Å². The van der Waals surface area contributed by atoms with Gasteiger partial charge in [-0.2, -0.15) is 0 Å². The van der Waals surface area contributed by atoms with Crippen LogP contribution in [0.2, 0.25) is 0 Å². The van der Waals surface area contributed by atoms with Crippen molar-refractivity contribution < 1.29 is 14.4 Å². The van der Waals surface area contributed by atoms with Crippen LogP contribution in [0, 0.1) is 5.92 Å². The van der Waals surface area contributed by atoms with Crippen LogP contribution in [0.25, 0.3) is 0 Å². The van der Waals surface area contributed by atoms with E-state index in [-0.39, 0.29) is 17.1 Å². The third kappa shape index (κ3) is 8.74. The summed E-state index contributed by atoms with van der Waals surface area (Å²) in [5, 5.41) is 3.04. The number of rotatable bonds is 9. The van der Waals surface area contributed by atoms with E-state index in [2.05, 4.69) is 10.2 Å². The molecule has 34 heavy (non-hydrogen) atoms. The van der Waals surface area contributed by atoms with E-state index >= 15 is 0 Å². The summed E-state index contributed by atoms with van der Waals surface area (Å²) in [7, 11) is 0. The predicted molar refractivity (Wildman–Crippen MR) is 139 cm³/mol. The number of hydrogen-bond donors (Lipinski definition) is 1. The van der Waals surface area contributed by atoms with Gasteiger partial charge in [0.15, 0.2) is 5.12 Å². The number of carbonyl (C=O) groups is 3. The normalized spacial score (nSPS) is 21.8. The van der Waals surface area contributed by atoms with E-state index in [1.165, 1.54) is 76.0 Å². The molecule has 2 aliphatic carbocycles. The van der Waals surface area contributed by atoms with Crippen LogP contribution in [-0.2, 0) is 9.59 Å². The number of thioether (sulfide) groups is 1. The summed E-state index contributed by atoms with van der Waals surface area (Å²) < 4.78 is 0. The van der Waals surface area contributed by atoms with Crippen molar-refractivity contribution in [2.24, 2.45) is 5.92 Å². The molecule has 0 aromatic heterocycles. The second-order valence-electron chi connectivity index (χ2n) is 10.4. The summed E-state index contributed by atoms with van der Waals surface area (Å²) in [5.41, 5.74) is 0. The first-order valence-electron chi connectivity index (χ1n) is 13.7. The lowest BCUT2D eigenvalue weighted by molar-refractivity contribution is -0.135. The van der Waals surface area contributed by atoms with Gasteiger partial charge in [0, 0.05) is 58.0 Å². The van der Waals surface area contributed by atoms with Gasteiger partial charge in [-0.15, -0.1) is 0 Å². The molecule has 0 spiro atoms. The van der Waals surface area contributed by atoms with E-state index in [1.807, 2.05) is 9.80 Å². The Morgan fingerprint density at radius 1 is 0.912 bits per heavy atom. The number of piperazine rings is 1. The Morgan fingerprint density at radius 3 is 2.15 bits per heavy atom. The highest BCUT2D eigenvalue weighted by atomic mass is 32.2. The molecule has 1 saturated heterocycles. The second-order valence-corrected chi connectivity index (χ2v) is 11.7. The van der Waals surface area contributed by atoms with Gasteiger partial charge in [0.25, 0.3) is 0 Å². The van der Waals surface area contributed by atoms with Crippen molar-refractivity contribution in [3.63, 3.8) is 0 Å². The van der Waals surface area contributed by atoms with Gasteiger partial charge >= 0.3 is 6.03 Å². The van der Waals surface area contributed by atoms with Crippen LogP contribution in [0.15, 0.2) is 0 Å². The Morgan fingerprint density at radius 2 is 1.53 bits per heavy atom. The minimum absolute atomic E-state index is 0.0157. The molecule has 0 aromatic carbocycles. The molecule has 1 aliphatic heterocycles. The molecule has 0 unspecified atom stereocenters. The molecule has 3 rings (SSSR count). The monoisotopic (exact) mass is 494 g/mol. The molecule has 1 atom stereocenters. The minimum atomic E-state index is -0.536.